The summed E-state index contributed by atoms with van der Waals surface area (Å²) in [7, 11) is 0. The standard InChI is InChI=1S/C6H13N3S2/c1-3-7-5(10)9-6(11)8-4-2/h3-4H2,1-2H3,(H3,7,8,9,10,11). The summed E-state index contributed by atoms with van der Waals surface area (Å²) in [6, 6.07) is 0. The molecule has 0 aliphatic carbocycles. The zero-order valence-corrected chi connectivity index (χ0v) is 8.36. The van der Waals surface area contributed by atoms with E-state index in [-0.39, 0.29) is 0 Å². The van der Waals surface area contributed by atoms with Crippen LogP contribution < -0.4 is 16.0 Å². The van der Waals surface area contributed by atoms with Crippen molar-refractivity contribution in [1.29, 1.82) is 0 Å². The molecule has 0 saturated heterocycles. The molecule has 3 N–H and O–H groups in total. The fourth-order valence-electron chi connectivity index (χ4n) is 0.513. The Morgan fingerprint density at radius 1 is 1.00 bits per heavy atom. The molecule has 0 aromatic carbocycles. The highest BCUT2D eigenvalue weighted by Crippen LogP contribution is 1.69. The third-order valence-corrected chi connectivity index (χ3v) is 1.39. The van der Waals surface area contributed by atoms with Gasteiger partial charge in [0.25, 0.3) is 0 Å². The smallest absolute Gasteiger partial charge is 0.172 e. The summed E-state index contributed by atoms with van der Waals surface area (Å²) in [5.41, 5.74) is 0. The quantitative estimate of drug-likeness (QED) is 0.550. The van der Waals surface area contributed by atoms with E-state index in [2.05, 4.69) is 16.0 Å². The Morgan fingerprint density at radius 3 is 1.64 bits per heavy atom. The average molecular weight is 191 g/mol. The molecule has 0 unspecified atom stereocenters. The average Bonchev–Trinajstić information content (AvgIpc) is 1.87. The van der Waals surface area contributed by atoms with Gasteiger partial charge in [-0.05, 0) is 38.3 Å². The molecule has 0 aromatic heterocycles. The molecular weight excluding hydrogens is 178 g/mol. The van der Waals surface area contributed by atoms with Crippen molar-refractivity contribution in [2.45, 2.75) is 13.8 Å². The van der Waals surface area contributed by atoms with Gasteiger partial charge in [-0.1, -0.05) is 0 Å². The van der Waals surface area contributed by atoms with Crippen LogP contribution in [0, 0.1) is 0 Å². The van der Waals surface area contributed by atoms with Crippen LogP contribution in [0.15, 0.2) is 0 Å². The normalized spacial score (nSPS) is 8.55. The minimum Gasteiger partial charge on any atom is -0.363 e. The first-order chi connectivity index (χ1) is 5.20. The number of nitrogens with one attached hydrogen (secondary N) is 3. The molecule has 3 nitrogen and oxygen atoms in total. The van der Waals surface area contributed by atoms with Gasteiger partial charge in [0.05, 0.1) is 0 Å². The number of hydrogen-bond acceptors (Lipinski definition) is 2. The largest absolute Gasteiger partial charge is 0.363 e. The van der Waals surface area contributed by atoms with Gasteiger partial charge in [0, 0.05) is 13.1 Å². The van der Waals surface area contributed by atoms with Crippen LogP contribution in [-0.2, 0) is 0 Å². The molecule has 0 saturated carbocycles. The van der Waals surface area contributed by atoms with Crippen molar-refractivity contribution in [1.82, 2.24) is 16.0 Å². The summed E-state index contributed by atoms with van der Waals surface area (Å²) >= 11 is 9.79. The minimum atomic E-state index is 0.568. The van der Waals surface area contributed by atoms with Gasteiger partial charge in [-0.2, -0.15) is 0 Å². The summed E-state index contributed by atoms with van der Waals surface area (Å²) < 4.78 is 0. The summed E-state index contributed by atoms with van der Waals surface area (Å²) in [4.78, 5) is 0. The van der Waals surface area contributed by atoms with Crippen molar-refractivity contribution in [3.05, 3.63) is 0 Å². The molecule has 0 atom stereocenters. The van der Waals surface area contributed by atoms with Crippen LogP contribution >= 0.6 is 24.4 Å². The van der Waals surface area contributed by atoms with E-state index in [0.29, 0.717) is 10.2 Å². The van der Waals surface area contributed by atoms with E-state index < -0.39 is 0 Å². The Labute approximate surface area is 77.9 Å². The number of rotatable bonds is 2. The Bertz CT molecular complexity index is 131. The Balaban J connectivity index is 3.49. The molecular formula is C6H13N3S2. The Kier molecular flexibility index (Phi) is 6.06. The molecule has 5 heteroatoms. The second-order valence-electron chi connectivity index (χ2n) is 1.84. The van der Waals surface area contributed by atoms with Crippen LogP contribution in [0.1, 0.15) is 13.8 Å². The van der Waals surface area contributed by atoms with E-state index in [9.17, 15) is 0 Å². The Morgan fingerprint density at radius 2 is 1.36 bits per heavy atom. The lowest BCUT2D eigenvalue weighted by atomic mass is 10.7. The van der Waals surface area contributed by atoms with Gasteiger partial charge < -0.3 is 16.0 Å². The molecule has 0 bridgehead atoms. The lowest BCUT2D eigenvalue weighted by Gasteiger charge is -2.09. The van der Waals surface area contributed by atoms with Gasteiger partial charge in [0.1, 0.15) is 0 Å². The van der Waals surface area contributed by atoms with Gasteiger partial charge in [0.2, 0.25) is 0 Å². The van der Waals surface area contributed by atoms with E-state index in [0.717, 1.165) is 13.1 Å². The number of thiocarbonyl (C=S) groups is 2. The molecule has 0 heterocycles. The highest BCUT2D eigenvalue weighted by atomic mass is 32.1. The van der Waals surface area contributed by atoms with Crippen molar-refractivity contribution < 1.29 is 0 Å². The second-order valence-corrected chi connectivity index (χ2v) is 2.66. The third kappa shape index (κ3) is 6.00. The molecule has 0 aliphatic rings. The molecule has 0 amide bonds. The van der Waals surface area contributed by atoms with Gasteiger partial charge in [0.15, 0.2) is 10.2 Å². The molecule has 0 aromatic rings. The zero-order valence-electron chi connectivity index (χ0n) is 6.73. The third-order valence-electron chi connectivity index (χ3n) is 0.902. The summed E-state index contributed by atoms with van der Waals surface area (Å²) in [6.45, 7) is 5.57. The lowest BCUT2D eigenvalue weighted by molar-refractivity contribution is 0.924. The fourth-order valence-corrected chi connectivity index (χ4v) is 1.07. The molecule has 0 rings (SSSR count). The maximum Gasteiger partial charge on any atom is 0.172 e. The molecule has 0 spiro atoms. The van der Waals surface area contributed by atoms with Crippen molar-refractivity contribution in [3.8, 4) is 0 Å². The first-order valence-corrected chi connectivity index (χ1v) is 4.35. The summed E-state index contributed by atoms with van der Waals surface area (Å²) in [6.07, 6.45) is 0. The summed E-state index contributed by atoms with van der Waals surface area (Å²) in [5, 5.41) is 9.81. The van der Waals surface area contributed by atoms with Gasteiger partial charge in [-0.3, -0.25) is 0 Å². The monoisotopic (exact) mass is 191 g/mol. The zero-order chi connectivity index (χ0) is 8.69. The van der Waals surface area contributed by atoms with E-state index in [1.165, 1.54) is 0 Å². The van der Waals surface area contributed by atoms with Crippen LogP contribution in [0.3, 0.4) is 0 Å². The fraction of sp³-hybridized carbons (Fsp3) is 0.667. The van der Waals surface area contributed by atoms with E-state index in [1.54, 1.807) is 0 Å². The van der Waals surface area contributed by atoms with Crippen LogP contribution in [0.5, 0.6) is 0 Å². The van der Waals surface area contributed by atoms with Gasteiger partial charge in [-0.25, -0.2) is 0 Å². The van der Waals surface area contributed by atoms with Crippen LogP contribution in [-0.4, -0.2) is 23.3 Å². The van der Waals surface area contributed by atoms with Gasteiger partial charge >= 0.3 is 0 Å². The SMILES string of the molecule is CCNC(=S)NC(=S)NCC. The maximum absolute atomic E-state index is 4.89. The van der Waals surface area contributed by atoms with E-state index >= 15 is 0 Å². The highest BCUT2D eigenvalue weighted by molar-refractivity contribution is 7.81. The molecule has 0 radical (unpaired) electrons. The predicted molar refractivity (Wildman–Crippen MR) is 55.7 cm³/mol. The van der Waals surface area contributed by atoms with Crippen molar-refractivity contribution in [2.75, 3.05) is 13.1 Å². The van der Waals surface area contributed by atoms with Crippen molar-refractivity contribution in [2.24, 2.45) is 0 Å². The second kappa shape index (κ2) is 6.30. The van der Waals surface area contributed by atoms with Crippen LogP contribution in [0.2, 0.25) is 0 Å². The Hall–Kier alpha value is -0.420. The van der Waals surface area contributed by atoms with Crippen molar-refractivity contribution in [3.63, 3.8) is 0 Å². The van der Waals surface area contributed by atoms with Crippen LogP contribution in [0.4, 0.5) is 0 Å². The maximum atomic E-state index is 4.89. The topological polar surface area (TPSA) is 36.1 Å². The van der Waals surface area contributed by atoms with E-state index in [4.69, 9.17) is 24.4 Å². The highest BCUT2D eigenvalue weighted by Gasteiger charge is 1.95. The minimum absolute atomic E-state index is 0.568. The first-order valence-electron chi connectivity index (χ1n) is 3.53. The first kappa shape index (κ1) is 10.6. The molecule has 64 valence electrons. The molecule has 0 fully saturated rings. The van der Waals surface area contributed by atoms with Crippen LogP contribution in [0.25, 0.3) is 0 Å². The molecule has 11 heavy (non-hydrogen) atoms. The number of hydrogen-bond donors (Lipinski definition) is 3. The summed E-state index contributed by atoms with van der Waals surface area (Å²) in [5.74, 6) is 0. The van der Waals surface area contributed by atoms with E-state index in [1.807, 2.05) is 13.8 Å². The van der Waals surface area contributed by atoms with Crippen molar-refractivity contribution >= 4 is 34.7 Å². The van der Waals surface area contributed by atoms with Gasteiger partial charge in [-0.15, -0.1) is 0 Å². The molecule has 0 aliphatic heterocycles. The predicted octanol–water partition coefficient (Wildman–Crippen LogP) is 0.365. The lowest BCUT2D eigenvalue weighted by Crippen LogP contribution is -2.44.